The highest BCUT2D eigenvalue weighted by Gasteiger charge is 2.21. The summed E-state index contributed by atoms with van der Waals surface area (Å²) in [7, 11) is 0. The maximum atomic E-state index is 12.6. The van der Waals surface area contributed by atoms with E-state index in [1.165, 1.54) is 25.7 Å². The molecule has 0 bridgehead atoms. The van der Waals surface area contributed by atoms with E-state index in [4.69, 9.17) is 28.4 Å². The highest BCUT2D eigenvalue weighted by molar-refractivity contribution is 5.72. The number of hydrogen-bond acceptors (Lipinski definition) is 13. The van der Waals surface area contributed by atoms with Gasteiger partial charge in [-0.3, -0.25) is 28.8 Å². The molecule has 61 heavy (non-hydrogen) atoms. The van der Waals surface area contributed by atoms with Crippen LogP contribution in [0.5, 0.6) is 0 Å². The Bertz CT molecular complexity index is 1030. The summed E-state index contributed by atoms with van der Waals surface area (Å²) in [6, 6.07) is 0. The summed E-state index contributed by atoms with van der Waals surface area (Å²) in [6.45, 7) is 8.20. The number of carbonyl (C=O) groups is 6. The third-order valence-electron chi connectivity index (χ3n) is 10.3. The Hall–Kier alpha value is -3.22. The predicted molar refractivity (Wildman–Crippen MR) is 238 cm³/mol. The molecule has 0 rings (SSSR count). The van der Waals surface area contributed by atoms with Crippen molar-refractivity contribution >= 4 is 35.8 Å². The van der Waals surface area contributed by atoms with E-state index in [2.05, 4.69) is 33.0 Å². The molecular formula is C48H87NO12. The predicted octanol–water partition coefficient (Wildman–Crippen LogP) is 10.4. The third kappa shape index (κ3) is 40.6. The fraction of sp³-hybridized carbons (Fsp3) is 0.875. The Balaban J connectivity index is 4.77. The first-order valence-electron chi connectivity index (χ1n) is 24.4. The zero-order valence-electron chi connectivity index (χ0n) is 39.0. The minimum Gasteiger partial charge on any atom is -0.462 e. The lowest BCUT2D eigenvalue weighted by molar-refractivity contribution is -0.167. The molecule has 0 aromatic rings. The molecule has 0 aliphatic heterocycles. The molecule has 0 spiro atoms. The van der Waals surface area contributed by atoms with E-state index in [-0.39, 0.29) is 90.0 Å². The topological polar surface area (TPSA) is 170 Å². The monoisotopic (exact) mass is 870 g/mol. The summed E-state index contributed by atoms with van der Waals surface area (Å²) in [6.07, 6.45) is 24.0. The Labute approximate surface area is 369 Å². The van der Waals surface area contributed by atoms with Crippen molar-refractivity contribution in [1.29, 1.82) is 0 Å². The second-order valence-electron chi connectivity index (χ2n) is 16.3. The zero-order valence-corrected chi connectivity index (χ0v) is 39.0. The number of carbonyl (C=O) groups excluding carboxylic acids is 6. The van der Waals surface area contributed by atoms with Crippen LogP contribution in [0.15, 0.2) is 0 Å². The quantitative estimate of drug-likeness (QED) is 0.0349. The molecule has 0 radical (unpaired) electrons. The Morgan fingerprint density at radius 3 is 0.820 bits per heavy atom. The fourth-order valence-electron chi connectivity index (χ4n) is 6.46. The number of ether oxygens (including phenoxy) is 6. The van der Waals surface area contributed by atoms with Crippen molar-refractivity contribution in [2.75, 3.05) is 39.5 Å². The van der Waals surface area contributed by atoms with Gasteiger partial charge < -0.3 is 33.7 Å². The fourth-order valence-corrected chi connectivity index (χ4v) is 6.46. The van der Waals surface area contributed by atoms with Crippen LogP contribution in [0.1, 0.15) is 220 Å². The van der Waals surface area contributed by atoms with E-state index in [1.807, 2.05) is 0 Å². The molecular weight excluding hydrogens is 783 g/mol. The van der Waals surface area contributed by atoms with Crippen molar-refractivity contribution in [2.24, 2.45) is 0 Å². The molecule has 356 valence electrons. The van der Waals surface area contributed by atoms with Crippen molar-refractivity contribution in [2.45, 2.75) is 233 Å². The maximum Gasteiger partial charge on any atom is 0.307 e. The highest BCUT2D eigenvalue weighted by Crippen LogP contribution is 2.13. The van der Waals surface area contributed by atoms with Gasteiger partial charge in [0.05, 0.1) is 12.8 Å². The molecule has 0 unspecified atom stereocenters. The first-order valence-corrected chi connectivity index (χ1v) is 24.4. The zero-order chi connectivity index (χ0) is 45.0. The Kier molecular flexibility index (Phi) is 41.1. The van der Waals surface area contributed by atoms with Gasteiger partial charge in [-0.15, -0.1) is 0 Å². The first-order chi connectivity index (χ1) is 29.6. The van der Waals surface area contributed by atoms with Crippen LogP contribution in [0.2, 0.25) is 0 Å². The second kappa shape index (κ2) is 43.4. The highest BCUT2D eigenvalue weighted by atomic mass is 16.6. The SMILES string of the molecule is CCCCCCCCC(=O)OC[C@H](COC(=O)CCNCCC(=O)OC[C@@H](COC(=O)CCCCCCCC)OC(=O)CCCCCCCC)OC(=O)CCCCCCCC. The lowest BCUT2D eigenvalue weighted by atomic mass is 10.1. The molecule has 0 saturated heterocycles. The molecule has 0 saturated carbocycles. The summed E-state index contributed by atoms with van der Waals surface area (Å²) in [5.74, 6) is -2.66. The molecule has 13 heteroatoms. The van der Waals surface area contributed by atoms with Crippen molar-refractivity contribution in [1.82, 2.24) is 5.32 Å². The number of esters is 6. The molecule has 13 nitrogen and oxygen atoms in total. The minimum absolute atomic E-state index is 0.00791. The standard InChI is InChI=1S/C48H87NO12/c1-5-9-13-17-21-25-29-43(50)56-37-41(60-47(54)31-27-23-19-15-11-7-3)39-58-45(52)33-35-49-36-34-46(53)59-40-42(61-48(55)32-28-24-20-16-12-8-4)38-57-44(51)30-26-22-18-14-10-6-2/h41-42,49H,5-40H2,1-4H3/t41-,42-/m1/s1. The van der Waals surface area contributed by atoms with Gasteiger partial charge in [0.1, 0.15) is 26.4 Å². The minimum atomic E-state index is -0.907. The van der Waals surface area contributed by atoms with Gasteiger partial charge in [0.25, 0.3) is 0 Å². The number of rotatable bonds is 44. The summed E-state index contributed by atoms with van der Waals surface area (Å²) in [5, 5.41) is 3.01. The van der Waals surface area contributed by atoms with Gasteiger partial charge in [-0.05, 0) is 25.7 Å². The maximum absolute atomic E-state index is 12.6. The van der Waals surface area contributed by atoms with Gasteiger partial charge in [-0.1, -0.05) is 156 Å². The molecule has 0 heterocycles. The second-order valence-corrected chi connectivity index (χ2v) is 16.3. The van der Waals surface area contributed by atoms with Crippen molar-refractivity contribution < 1.29 is 57.2 Å². The molecule has 0 aromatic heterocycles. The van der Waals surface area contributed by atoms with Crippen molar-refractivity contribution in [3.63, 3.8) is 0 Å². The molecule has 0 fully saturated rings. The number of unbranched alkanes of at least 4 members (excludes halogenated alkanes) is 20. The van der Waals surface area contributed by atoms with Crippen LogP contribution in [-0.4, -0.2) is 87.5 Å². The van der Waals surface area contributed by atoms with Crippen LogP contribution in [0, 0.1) is 0 Å². The van der Waals surface area contributed by atoms with Crippen LogP contribution in [0.25, 0.3) is 0 Å². The van der Waals surface area contributed by atoms with Gasteiger partial charge in [0, 0.05) is 38.8 Å². The van der Waals surface area contributed by atoms with E-state index in [1.54, 1.807) is 0 Å². The summed E-state index contributed by atoms with van der Waals surface area (Å²) >= 11 is 0. The van der Waals surface area contributed by atoms with Crippen LogP contribution < -0.4 is 5.32 Å². The molecule has 2 atom stereocenters. The number of hydrogen-bond donors (Lipinski definition) is 1. The Morgan fingerprint density at radius 2 is 0.541 bits per heavy atom. The van der Waals surface area contributed by atoms with Gasteiger partial charge in [-0.2, -0.15) is 0 Å². The van der Waals surface area contributed by atoms with Crippen molar-refractivity contribution in [3.05, 3.63) is 0 Å². The third-order valence-corrected chi connectivity index (χ3v) is 10.3. The molecule has 1 N–H and O–H groups in total. The van der Waals surface area contributed by atoms with Crippen molar-refractivity contribution in [3.8, 4) is 0 Å². The number of nitrogens with one attached hydrogen (secondary N) is 1. The van der Waals surface area contributed by atoms with E-state index in [0.717, 1.165) is 116 Å². The molecule has 0 aliphatic rings. The summed E-state index contributed by atoms with van der Waals surface area (Å²) < 4.78 is 32.7. The molecule has 0 amide bonds. The lowest BCUT2D eigenvalue weighted by Gasteiger charge is -2.18. The van der Waals surface area contributed by atoms with Gasteiger partial charge in [0.2, 0.25) is 0 Å². The molecule has 0 aromatic carbocycles. The molecule has 0 aliphatic carbocycles. The van der Waals surface area contributed by atoms with Gasteiger partial charge in [0.15, 0.2) is 12.2 Å². The Morgan fingerprint density at radius 1 is 0.311 bits per heavy atom. The first kappa shape index (κ1) is 57.8. The normalized spacial score (nSPS) is 12.0. The van der Waals surface area contributed by atoms with Gasteiger partial charge in [-0.25, -0.2) is 0 Å². The van der Waals surface area contributed by atoms with Crippen LogP contribution in [-0.2, 0) is 57.2 Å². The van der Waals surface area contributed by atoms with E-state index >= 15 is 0 Å². The average molecular weight is 870 g/mol. The summed E-state index contributed by atoms with van der Waals surface area (Å²) in [5.41, 5.74) is 0. The van der Waals surface area contributed by atoms with E-state index in [9.17, 15) is 28.8 Å². The van der Waals surface area contributed by atoms with Gasteiger partial charge >= 0.3 is 35.8 Å². The van der Waals surface area contributed by atoms with Crippen LogP contribution in [0.4, 0.5) is 0 Å². The van der Waals surface area contributed by atoms with Crippen LogP contribution in [0.3, 0.4) is 0 Å². The van der Waals surface area contributed by atoms with Crippen LogP contribution >= 0.6 is 0 Å². The van der Waals surface area contributed by atoms with E-state index in [0.29, 0.717) is 12.8 Å². The van der Waals surface area contributed by atoms with E-state index < -0.39 is 36.1 Å². The largest absolute Gasteiger partial charge is 0.462 e. The average Bonchev–Trinajstić information content (AvgIpc) is 3.24. The lowest BCUT2D eigenvalue weighted by Crippen LogP contribution is -2.32. The summed E-state index contributed by atoms with van der Waals surface area (Å²) in [4.78, 5) is 75.0. The smallest absolute Gasteiger partial charge is 0.307 e.